The first-order valence-corrected chi connectivity index (χ1v) is 10.6. The van der Waals surface area contributed by atoms with Crippen molar-refractivity contribution in [1.82, 2.24) is 19.4 Å². The summed E-state index contributed by atoms with van der Waals surface area (Å²) in [6.45, 7) is 4.96. The number of aromatic nitrogens is 2. The van der Waals surface area contributed by atoms with Gasteiger partial charge >= 0.3 is 0 Å². The van der Waals surface area contributed by atoms with Crippen molar-refractivity contribution in [2.75, 3.05) is 13.1 Å². The third kappa shape index (κ3) is 4.06. The summed E-state index contributed by atoms with van der Waals surface area (Å²) in [7, 11) is -1.69. The molecule has 1 aliphatic rings. The molecule has 146 valence electrons. The van der Waals surface area contributed by atoms with E-state index in [2.05, 4.69) is 10.4 Å². The highest BCUT2D eigenvalue weighted by atomic mass is 32.2. The third-order valence-electron chi connectivity index (χ3n) is 5.23. The number of piperidine rings is 1. The van der Waals surface area contributed by atoms with Gasteiger partial charge in [0, 0.05) is 37.9 Å². The summed E-state index contributed by atoms with van der Waals surface area (Å²) in [6.07, 6.45) is 1.37. The summed E-state index contributed by atoms with van der Waals surface area (Å²) in [5.41, 5.74) is 2.92. The van der Waals surface area contributed by atoms with Gasteiger partial charge in [-0.2, -0.15) is 9.40 Å². The van der Waals surface area contributed by atoms with Crippen molar-refractivity contribution in [2.24, 2.45) is 13.0 Å². The Morgan fingerprint density at radius 1 is 1.26 bits per heavy atom. The molecule has 0 bridgehead atoms. The minimum Gasteiger partial charge on any atom is -0.352 e. The van der Waals surface area contributed by atoms with Gasteiger partial charge in [-0.1, -0.05) is 18.2 Å². The van der Waals surface area contributed by atoms with E-state index in [9.17, 15) is 13.2 Å². The molecule has 27 heavy (non-hydrogen) atoms. The Morgan fingerprint density at radius 2 is 1.96 bits per heavy atom. The van der Waals surface area contributed by atoms with Gasteiger partial charge in [-0.3, -0.25) is 9.48 Å². The van der Waals surface area contributed by atoms with Crippen molar-refractivity contribution in [3.63, 3.8) is 0 Å². The number of nitrogens with zero attached hydrogens (tertiary/aromatic N) is 3. The normalized spacial score (nSPS) is 18.4. The van der Waals surface area contributed by atoms with Gasteiger partial charge in [0.05, 0.1) is 16.5 Å². The van der Waals surface area contributed by atoms with Gasteiger partial charge < -0.3 is 5.32 Å². The molecule has 0 saturated carbocycles. The van der Waals surface area contributed by atoms with Crippen LogP contribution in [0.4, 0.5) is 0 Å². The van der Waals surface area contributed by atoms with E-state index < -0.39 is 10.0 Å². The molecule has 0 aliphatic carbocycles. The molecule has 1 amide bonds. The second-order valence-electron chi connectivity index (χ2n) is 7.01. The monoisotopic (exact) mass is 390 g/mol. The zero-order valence-corrected chi connectivity index (χ0v) is 16.8. The number of carbonyl (C=O) groups excluding carboxylic acids is 1. The number of carbonyl (C=O) groups is 1. The number of hydrogen-bond donors (Lipinski definition) is 1. The van der Waals surface area contributed by atoms with Crippen LogP contribution in [0.2, 0.25) is 0 Å². The Labute approximate surface area is 160 Å². The van der Waals surface area contributed by atoms with E-state index in [-0.39, 0.29) is 23.3 Å². The maximum atomic E-state index is 12.8. The fourth-order valence-electron chi connectivity index (χ4n) is 3.51. The maximum absolute atomic E-state index is 12.8. The van der Waals surface area contributed by atoms with Crippen molar-refractivity contribution < 1.29 is 13.2 Å². The van der Waals surface area contributed by atoms with E-state index in [1.54, 1.807) is 35.0 Å². The summed E-state index contributed by atoms with van der Waals surface area (Å²) >= 11 is 0. The molecule has 0 radical (unpaired) electrons. The SMILES string of the molecule is Cc1nn(C)c(C)c1CNC(=O)[C@H]1CCCN(S(=O)(=O)c2ccccc2)C1. The molecule has 2 heterocycles. The second kappa shape index (κ2) is 7.82. The van der Waals surface area contributed by atoms with Crippen LogP contribution in [-0.2, 0) is 28.4 Å². The smallest absolute Gasteiger partial charge is 0.243 e. The summed E-state index contributed by atoms with van der Waals surface area (Å²) in [5, 5.41) is 7.32. The zero-order chi connectivity index (χ0) is 19.6. The summed E-state index contributed by atoms with van der Waals surface area (Å²) < 4.78 is 28.8. The van der Waals surface area contributed by atoms with E-state index in [1.807, 2.05) is 20.9 Å². The molecule has 1 aliphatic heterocycles. The molecule has 7 nitrogen and oxygen atoms in total. The van der Waals surface area contributed by atoms with Gasteiger partial charge in [-0.05, 0) is 38.8 Å². The number of rotatable bonds is 5. The summed E-state index contributed by atoms with van der Waals surface area (Å²) in [4.78, 5) is 12.9. The van der Waals surface area contributed by atoms with Crippen LogP contribution in [-0.4, -0.2) is 41.5 Å². The molecule has 2 aromatic rings. The van der Waals surface area contributed by atoms with Crippen LogP contribution in [0.1, 0.15) is 29.8 Å². The van der Waals surface area contributed by atoms with E-state index in [1.165, 1.54) is 4.31 Å². The lowest BCUT2D eigenvalue weighted by atomic mass is 9.98. The molecule has 1 N–H and O–H groups in total. The van der Waals surface area contributed by atoms with Crippen molar-refractivity contribution in [2.45, 2.75) is 38.1 Å². The second-order valence-corrected chi connectivity index (χ2v) is 8.94. The highest BCUT2D eigenvalue weighted by Crippen LogP contribution is 2.24. The highest BCUT2D eigenvalue weighted by Gasteiger charge is 2.33. The van der Waals surface area contributed by atoms with Crippen molar-refractivity contribution in [3.05, 3.63) is 47.3 Å². The summed E-state index contributed by atoms with van der Waals surface area (Å²) in [6, 6.07) is 8.38. The molecular formula is C19H26N4O3S. The Balaban J connectivity index is 1.66. The Hall–Kier alpha value is -2.19. The van der Waals surface area contributed by atoms with Crippen LogP contribution in [0, 0.1) is 19.8 Å². The molecule has 8 heteroatoms. The first-order chi connectivity index (χ1) is 12.8. The number of hydrogen-bond acceptors (Lipinski definition) is 4. The lowest BCUT2D eigenvalue weighted by Crippen LogP contribution is -2.45. The number of nitrogens with one attached hydrogen (secondary N) is 1. The average Bonchev–Trinajstić information content (AvgIpc) is 2.92. The maximum Gasteiger partial charge on any atom is 0.243 e. The third-order valence-corrected chi connectivity index (χ3v) is 7.11. The quantitative estimate of drug-likeness (QED) is 0.843. The lowest BCUT2D eigenvalue weighted by Gasteiger charge is -2.31. The van der Waals surface area contributed by atoms with E-state index in [4.69, 9.17) is 0 Å². The van der Waals surface area contributed by atoms with Crippen molar-refractivity contribution in [3.8, 4) is 0 Å². The molecule has 0 unspecified atom stereocenters. The first-order valence-electron chi connectivity index (χ1n) is 9.12. The largest absolute Gasteiger partial charge is 0.352 e. The van der Waals surface area contributed by atoms with Crippen molar-refractivity contribution in [1.29, 1.82) is 0 Å². The molecule has 1 fully saturated rings. The fraction of sp³-hybridized carbons (Fsp3) is 0.474. The van der Waals surface area contributed by atoms with Gasteiger partial charge in [0.15, 0.2) is 0 Å². The molecule has 0 spiro atoms. The number of benzene rings is 1. The molecule has 1 aromatic heterocycles. The molecular weight excluding hydrogens is 364 g/mol. The molecule has 1 aromatic carbocycles. The van der Waals surface area contributed by atoms with Crippen LogP contribution in [0.15, 0.2) is 35.2 Å². The fourth-order valence-corrected chi connectivity index (χ4v) is 5.05. The van der Waals surface area contributed by atoms with Crippen LogP contribution < -0.4 is 5.32 Å². The average molecular weight is 391 g/mol. The molecule has 1 atom stereocenters. The van der Waals surface area contributed by atoms with Gasteiger partial charge in [-0.15, -0.1) is 0 Å². The van der Waals surface area contributed by atoms with E-state index in [0.717, 1.165) is 17.0 Å². The van der Waals surface area contributed by atoms with E-state index >= 15 is 0 Å². The Kier molecular flexibility index (Phi) is 5.67. The first kappa shape index (κ1) is 19.6. The standard InChI is InChI=1S/C19H26N4O3S/c1-14-18(15(2)22(3)21-14)12-20-19(24)16-8-7-11-23(13-16)27(25,26)17-9-5-4-6-10-17/h4-6,9-10,16H,7-8,11-13H2,1-3H3,(H,20,24)/t16-/m0/s1. The van der Waals surface area contributed by atoms with Crippen LogP contribution in [0.5, 0.6) is 0 Å². The summed E-state index contributed by atoms with van der Waals surface area (Å²) in [5.74, 6) is -0.444. The molecule has 3 rings (SSSR count). The predicted molar refractivity (Wildman–Crippen MR) is 102 cm³/mol. The van der Waals surface area contributed by atoms with Crippen LogP contribution >= 0.6 is 0 Å². The van der Waals surface area contributed by atoms with Crippen molar-refractivity contribution >= 4 is 15.9 Å². The number of aryl methyl sites for hydroxylation is 2. The van der Waals surface area contributed by atoms with Gasteiger partial charge in [0.2, 0.25) is 15.9 Å². The van der Waals surface area contributed by atoms with Gasteiger partial charge in [0.1, 0.15) is 0 Å². The number of sulfonamides is 1. The number of amides is 1. The Bertz CT molecular complexity index is 922. The minimum atomic E-state index is -3.57. The zero-order valence-electron chi connectivity index (χ0n) is 16.0. The van der Waals surface area contributed by atoms with Crippen LogP contribution in [0.25, 0.3) is 0 Å². The van der Waals surface area contributed by atoms with E-state index in [0.29, 0.717) is 25.9 Å². The molecule has 1 saturated heterocycles. The Morgan fingerprint density at radius 3 is 2.59 bits per heavy atom. The lowest BCUT2D eigenvalue weighted by molar-refractivity contribution is -0.126. The minimum absolute atomic E-state index is 0.106. The highest BCUT2D eigenvalue weighted by molar-refractivity contribution is 7.89. The van der Waals surface area contributed by atoms with Gasteiger partial charge in [0.25, 0.3) is 0 Å². The van der Waals surface area contributed by atoms with Gasteiger partial charge in [-0.25, -0.2) is 8.42 Å². The van der Waals surface area contributed by atoms with Crippen LogP contribution in [0.3, 0.4) is 0 Å². The predicted octanol–water partition coefficient (Wildman–Crippen LogP) is 1.75. The topological polar surface area (TPSA) is 84.3 Å².